The van der Waals surface area contributed by atoms with Gasteiger partial charge in [0, 0.05) is 38.0 Å². The van der Waals surface area contributed by atoms with Gasteiger partial charge in [-0.3, -0.25) is 0 Å². The average molecular weight is 348 g/mol. The summed E-state index contributed by atoms with van der Waals surface area (Å²) in [5.41, 5.74) is 2.39. The molecule has 1 atom stereocenters. The zero-order valence-electron chi connectivity index (χ0n) is 15.6. The molecule has 0 aliphatic carbocycles. The summed E-state index contributed by atoms with van der Waals surface area (Å²) in [4.78, 5) is 11.8. The van der Waals surface area contributed by atoms with Gasteiger partial charge in [0.2, 0.25) is 0 Å². The molecule has 6 heteroatoms. The van der Waals surface area contributed by atoms with Crippen LogP contribution < -0.4 is 10.6 Å². The van der Waals surface area contributed by atoms with Crippen LogP contribution in [0.5, 0.6) is 0 Å². The first-order chi connectivity index (χ1) is 12.3. The fourth-order valence-electron chi connectivity index (χ4n) is 3.80. The lowest BCUT2D eigenvalue weighted by Crippen LogP contribution is -2.37. The number of aliphatic hydroxyl groups excluding tert-OH is 1. The smallest absolute Gasteiger partial charge is 0.133 e. The van der Waals surface area contributed by atoms with Crippen molar-refractivity contribution < 1.29 is 5.11 Å². The number of anilines is 1. The molecule has 0 aromatic carbocycles. The van der Waals surface area contributed by atoms with E-state index >= 15 is 0 Å². The summed E-state index contributed by atoms with van der Waals surface area (Å²) in [6.45, 7) is 7.57. The van der Waals surface area contributed by atoms with Gasteiger partial charge >= 0.3 is 0 Å². The number of hydrogen-bond acceptors (Lipinski definition) is 6. The molecule has 25 heavy (non-hydrogen) atoms. The highest BCUT2D eigenvalue weighted by Gasteiger charge is 2.18. The molecule has 6 nitrogen and oxygen atoms in total. The minimum Gasteiger partial charge on any atom is -0.390 e. The molecule has 2 aliphatic heterocycles. The highest BCUT2D eigenvalue weighted by Crippen LogP contribution is 2.20. The molecule has 0 saturated carbocycles. The van der Waals surface area contributed by atoms with Crippen molar-refractivity contribution in [3.8, 4) is 0 Å². The van der Waals surface area contributed by atoms with Gasteiger partial charge in [-0.05, 0) is 38.9 Å². The fourth-order valence-corrected chi connectivity index (χ4v) is 3.80. The van der Waals surface area contributed by atoms with Gasteiger partial charge < -0.3 is 20.6 Å². The molecule has 3 N–H and O–H groups in total. The van der Waals surface area contributed by atoms with Gasteiger partial charge in [-0.1, -0.05) is 19.8 Å². The third-order valence-electron chi connectivity index (χ3n) is 5.22. The standard InChI is InChI=1S/C19H33N5O/c1-2-18-22-17-8-10-20-9-7-16(17)19(23-18)21-13-15(25)14-24-11-5-3-4-6-12-24/h15,20,25H,2-14H2,1H3,(H,21,22,23)/t15-/m1/s1. The van der Waals surface area contributed by atoms with Crippen molar-refractivity contribution in [2.45, 2.75) is 58.0 Å². The molecule has 1 saturated heterocycles. The number of nitrogens with one attached hydrogen (secondary N) is 2. The van der Waals surface area contributed by atoms with E-state index in [-0.39, 0.29) is 6.10 Å². The number of fused-ring (bicyclic) bond motifs is 1. The minimum atomic E-state index is -0.363. The highest BCUT2D eigenvalue weighted by atomic mass is 16.3. The normalized spacial score (nSPS) is 20.4. The van der Waals surface area contributed by atoms with Crippen LogP contribution in [0.1, 0.15) is 49.7 Å². The summed E-state index contributed by atoms with van der Waals surface area (Å²) in [6.07, 6.45) is 7.54. The summed E-state index contributed by atoms with van der Waals surface area (Å²) < 4.78 is 0. The molecule has 0 unspecified atom stereocenters. The number of rotatable bonds is 6. The Morgan fingerprint density at radius 1 is 1.12 bits per heavy atom. The van der Waals surface area contributed by atoms with Crippen molar-refractivity contribution >= 4 is 5.82 Å². The molecule has 140 valence electrons. The maximum absolute atomic E-state index is 10.5. The fraction of sp³-hybridized carbons (Fsp3) is 0.789. The van der Waals surface area contributed by atoms with E-state index in [0.717, 1.165) is 63.6 Å². The number of aliphatic hydroxyl groups is 1. The average Bonchev–Trinajstić information content (AvgIpc) is 3.02. The van der Waals surface area contributed by atoms with Gasteiger partial charge in [-0.15, -0.1) is 0 Å². The predicted molar refractivity (Wildman–Crippen MR) is 101 cm³/mol. The van der Waals surface area contributed by atoms with Crippen molar-refractivity contribution in [2.75, 3.05) is 44.6 Å². The molecular weight excluding hydrogens is 314 g/mol. The Morgan fingerprint density at radius 2 is 1.88 bits per heavy atom. The predicted octanol–water partition coefficient (Wildman–Crippen LogP) is 1.38. The van der Waals surface area contributed by atoms with Crippen molar-refractivity contribution in [3.63, 3.8) is 0 Å². The van der Waals surface area contributed by atoms with Gasteiger partial charge in [0.15, 0.2) is 0 Å². The molecule has 0 bridgehead atoms. The zero-order valence-corrected chi connectivity index (χ0v) is 15.6. The maximum atomic E-state index is 10.5. The van der Waals surface area contributed by atoms with Crippen molar-refractivity contribution in [1.29, 1.82) is 0 Å². The monoisotopic (exact) mass is 347 g/mol. The molecule has 1 aromatic rings. The van der Waals surface area contributed by atoms with Crippen LogP contribution in [0.4, 0.5) is 5.82 Å². The number of β-amino-alcohol motifs (C(OH)–C–C–N with tert-alkyl or cyclic N) is 1. The van der Waals surface area contributed by atoms with Crippen molar-refractivity contribution in [1.82, 2.24) is 20.2 Å². The van der Waals surface area contributed by atoms with E-state index in [1.165, 1.54) is 36.9 Å². The molecular formula is C19H33N5O. The largest absolute Gasteiger partial charge is 0.390 e. The molecule has 3 heterocycles. The van der Waals surface area contributed by atoms with E-state index < -0.39 is 0 Å². The first kappa shape index (κ1) is 18.5. The first-order valence-electron chi connectivity index (χ1n) is 10.00. The second-order valence-corrected chi connectivity index (χ2v) is 7.27. The van der Waals surface area contributed by atoms with Crippen molar-refractivity contribution in [3.05, 3.63) is 17.1 Å². The van der Waals surface area contributed by atoms with E-state index in [1.54, 1.807) is 0 Å². The van der Waals surface area contributed by atoms with Crippen LogP contribution in [-0.4, -0.2) is 65.3 Å². The van der Waals surface area contributed by atoms with Crippen LogP contribution in [0, 0.1) is 0 Å². The first-order valence-corrected chi connectivity index (χ1v) is 10.00. The maximum Gasteiger partial charge on any atom is 0.133 e. The molecule has 0 spiro atoms. The SMILES string of the molecule is CCc1nc2c(c(NC[C@@H](O)CN3CCCCCC3)n1)CCNCC2. The van der Waals surface area contributed by atoms with Crippen LogP contribution in [0.25, 0.3) is 0 Å². The summed E-state index contributed by atoms with van der Waals surface area (Å²) >= 11 is 0. The third-order valence-corrected chi connectivity index (χ3v) is 5.22. The summed E-state index contributed by atoms with van der Waals surface area (Å²) in [7, 11) is 0. The summed E-state index contributed by atoms with van der Waals surface area (Å²) in [6, 6.07) is 0. The number of likely N-dealkylation sites (tertiary alicyclic amines) is 1. The van der Waals surface area contributed by atoms with Gasteiger partial charge in [0.25, 0.3) is 0 Å². The zero-order chi connectivity index (χ0) is 17.5. The molecule has 0 amide bonds. The number of aryl methyl sites for hydroxylation is 1. The molecule has 2 aliphatic rings. The Morgan fingerprint density at radius 3 is 2.64 bits per heavy atom. The Labute approximate surface area is 151 Å². The van der Waals surface area contributed by atoms with Crippen LogP contribution in [0.15, 0.2) is 0 Å². The van der Waals surface area contributed by atoms with E-state index in [1.807, 2.05) is 0 Å². The Balaban J connectivity index is 1.61. The number of hydrogen-bond donors (Lipinski definition) is 3. The second-order valence-electron chi connectivity index (χ2n) is 7.27. The summed E-state index contributed by atoms with van der Waals surface area (Å²) in [5, 5.41) is 17.3. The minimum absolute atomic E-state index is 0.363. The Hall–Kier alpha value is -1.24. The number of nitrogens with zero attached hydrogens (tertiary/aromatic N) is 3. The quantitative estimate of drug-likeness (QED) is 0.722. The second kappa shape index (κ2) is 9.46. The lowest BCUT2D eigenvalue weighted by atomic mass is 10.1. The van der Waals surface area contributed by atoms with Crippen LogP contribution in [0.2, 0.25) is 0 Å². The molecule has 0 radical (unpaired) electrons. The van der Waals surface area contributed by atoms with E-state index in [0.29, 0.717) is 6.54 Å². The number of aromatic nitrogens is 2. The van der Waals surface area contributed by atoms with E-state index in [2.05, 4.69) is 22.5 Å². The topological polar surface area (TPSA) is 73.3 Å². The lowest BCUT2D eigenvalue weighted by molar-refractivity contribution is 0.124. The lowest BCUT2D eigenvalue weighted by Gasteiger charge is -2.24. The van der Waals surface area contributed by atoms with Gasteiger partial charge in [0.05, 0.1) is 11.8 Å². The summed E-state index contributed by atoms with van der Waals surface area (Å²) in [5.74, 6) is 1.82. The van der Waals surface area contributed by atoms with E-state index in [9.17, 15) is 5.11 Å². The molecule has 3 rings (SSSR count). The molecule has 1 fully saturated rings. The van der Waals surface area contributed by atoms with Crippen LogP contribution in [0.3, 0.4) is 0 Å². The Bertz CT molecular complexity index is 543. The highest BCUT2D eigenvalue weighted by molar-refractivity contribution is 5.47. The Kier molecular flexibility index (Phi) is 7.02. The van der Waals surface area contributed by atoms with Crippen molar-refractivity contribution in [2.24, 2.45) is 0 Å². The van der Waals surface area contributed by atoms with E-state index in [4.69, 9.17) is 9.97 Å². The van der Waals surface area contributed by atoms with Gasteiger partial charge in [-0.25, -0.2) is 9.97 Å². The van der Waals surface area contributed by atoms with Crippen LogP contribution in [-0.2, 0) is 19.3 Å². The van der Waals surface area contributed by atoms with Gasteiger partial charge in [0.1, 0.15) is 11.6 Å². The van der Waals surface area contributed by atoms with Crippen LogP contribution >= 0.6 is 0 Å². The third kappa shape index (κ3) is 5.36. The molecule has 1 aromatic heterocycles. The van der Waals surface area contributed by atoms with Gasteiger partial charge in [-0.2, -0.15) is 0 Å².